The van der Waals surface area contributed by atoms with Crippen LogP contribution in [0.3, 0.4) is 0 Å². The molecule has 2 aromatic rings. The summed E-state index contributed by atoms with van der Waals surface area (Å²) in [6.45, 7) is 4.93. The summed E-state index contributed by atoms with van der Waals surface area (Å²) in [4.78, 5) is 30.4. The lowest BCUT2D eigenvalue weighted by atomic mass is 10.0. The van der Waals surface area contributed by atoms with Crippen LogP contribution in [0.15, 0.2) is 30.3 Å². The van der Waals surface area contributed by atoms with Crippen LogP contribution in [0.5, 0.6) is 0 Å². The highest BCUT2D eigenvalue weighted by Crippen LogP contribution is 2.20. The first-order chi connectivity index (χ1) is 13.6. The molecule has 2 amide bonds. The van der Waals surface area contributed by atoms with Crippen LogP contribution >= 0.6 is 12.4 Å². The topological polar surface area (TPSA) is 96.2 Å². The number of likely N-dealkylation sites (tertiary alicyclic amines) is 1. The first kappa shape index (κ1) is 21.2. The van der Waals surface area contributed by atoms with Gasteiger partial charge < -0.3 is 15.1 Å². The van der Waals surface area contributed by atoms with Gasteiger partial charge in [0.05, 0.1) is 6.54 Å². The fourth-order valence-electron chi connectivity index (χ4n) is 3.87. The third kappa shape index (κ3) is 4.56. The van der Waals surface area contributed by atoms with Gasteiger partial charge in [-0.1, -0.05) is 30.3 Å². The Bertz CT molecular complexity index is 844. The summed E-state index contributed by atoms with van der Waals surface area (Å²) in [7, 11) is 0. The fourth-order valence-corrected chi connectivity index (χ4v) is 3.87. The first-order valence-corrected chi connectivity index (χ1v) is 9.77. The number of hydrogen-bond donors (Lipinski definition) is 1. The number of tetrazole rings is 1. The number of amides is 2. The molecule has 2 aliphatic heterocycles. The molecule has 2 aliphatic rings. The zero-order valence-corrected chi connectivity index (χ0v) is 17.2. The van der Waals surface area contributed by atoms with Crippen LogP contribution < -0.4 is 5.32 Å². The number of nitrogens with one attached hydrogen (secondary N) is 1. The number of benzene rings is 1. The summed E-state index contributed by atoms with van der Waals surface area (Å²) >= 11 is 0. The van der Waals surface area contributed by atoms with Crippen molar-refractivity contribution in [1.29, 1.82) is 0 Å². The Labute approximate surface area is 175 Å². The molecule has 0 spiro atoms. The standard InChI is InChI=1S/C19H25N7O2.ClH/c1-14(26-22-18(21-23-26)15-6-3-2-4-7-15)19(28)24-10-5-8-16(13-24)25-11-9-20-12-17(25)27;/h2-4,6-7,14,16,20H,5,8-13H2,1H3;1H. The van der Waals surface area contributed by atoms with Crippen molar-refractivity contribution in [2.75, 3.05) is 32.7 Å². The normalized spacial score (nSPS) is 20.9. The van der Waals surface area contributed by atoms with Gasteiger partial charge in [0.25, 0.3) is 0 Å². The molecule has 29 heavy (non-hydrogen) atoms. The van der Waals surface area contributed by atoms with E-state index >= 15 is 0 Å². The van der Waals surface area contributed by atoms with Crippen LogP contribution in [-0.4, -0.2) is 80.6 Å². The summed E-state index contributed by atoms with van der Waals surface area (Å²) in [6.07, 6.45) is 1.82. The maximum Gasteiger partial charge on any atom is 0.249 e. The van der Waals surface area contributed by atoms with E-state index in [2.05, 4.69) is 20.7 Å². The Balaban J connectivity index is 0.00000240. The van der Waals surface area contributed by atoms with Gasteiger partial charge in [0.2, 0.25) is 17.6 Å². The largest absolute Gasteiger partial charge is 0.339 e. The summed E-state index contributed by atoms with van der Waals surface area (Å²) in [6, 6.07) is 9.12. The van der Waals surface area contributed by atoms with E-state index < -0.39 is 6.04 Å². The van der Waals surface area contributed by atoms with E-state index in [1.807, 2.05) is 40.1 Å². The minimum Gasteiger partial charge on any atom is -0.339 e. The lowest BCUT2D eigenvalue weighted by molar-refractivity contribution is -0.142. The lowest BCUT2D eigenvalue weighted by Crippen LogP contribution is -2.58. The summed E-state index contributed by atoms with van der Waals surface area (Å²) in [5.41, 5.74) is 0.864. The van der Waals surface area contributed by atoms with Crippen molar-refractivity contribution < 1.29 is 9.59 Å². The van der Waals surface area contributed by atoms with Gasteiger partial charge in [-0.3, -0.25) is 9.59 Å². The molecule has 156 valence electrons. The third-order valence-electron chi connectivity index (χ3n) is 5.44. The fraction of sp³-hybridized carbons (Fsp3) is 0.526. The van der Waals surface area contributed by atoms with Crippen LogP contribution in [-0.2, 0) is 9.59 Å². The Morgan fingerprint density at radius 2 is 2.03 bits per heavy atom. The molecule has 10 heteroatoms. The number of nitrogens with zero attached hydrogens (tertiary/aromatic N) is 6. The van der Waals surface area contributed by atoms with Gasteiger partial charge in [0, 0.05) is 37.8 Å². The Hall–Kier alpha value is -2.52. The van der Waals surface area contributed by atoms with Gasteiger partial charge in [-0.25, -0.2) is 0 Å². The van der Waals surface area contributed by atoms with E-state index in [1.165, 1.54) is 4.80 Å². The second-order valence-electron chi connectivity index (χ2n) is 7.32. The van der Waals surface area contributed by atoms with Gasteiger partial charge in [0.15, 0.2) is 0 Å². The van der Waals surface area contributed by atoms with Crippen molar-refractivity contribution in [2.45, 2.75) is 31.8 Å². The Morgan fingerprint density at radius 3 is 2.79 bits per heavy atom. The second kappa shape index (κ2) is 9.32. The first-order valence-electron chi connectivity index (χ1n) is 9.77. The van der Waals surface area contributed by atoms with Crippen molar-refractivity contribution in [3.63, 3.8) is 0 Å². The number of carbonyl (C=O) groups is 2. The zero-order valence-electron chi connectivity index (χ0n) is 16.4. The molecule has 3 heterocycles. The molecular weight excluding hydrogens is 394 g/mol. The molecule has 2 unspecified atom stereocenters. The van der Waals surface area contributed by atoms with E-state index in [-0.39, 0.29) is 30.3 Å². The van der Waals surface area contributed by atoms with E-state index in [0.717, 1.165) is 24.9 Å². The van der Waals surface area contributed by atoms with Gasteiger partial charge >= 0.3 is 0 Å². The average Bonchev–Trinajstić information content (AvgIpc) is 3.24. The number of piperidine rings is 1. The van der Waals surface area contributed by atoms with E-state index in [4.69, 9.17) is 0 Å². The van der Waals surface area contributed by atoms with E-state index in [1.54, 1.807) is 6.92 Å². The number of piperazine rings is 1. The van der Waals surface area contributed by atoms with Crippen molar-refractivity contribution in [2.24, 2.45) is 0 Å². The van der Waals surface area contributed by atoms with Crippen LogP contribution in [0.1, 0.15) is 25.8 Å². The highest BCUT2D eigenvalue weighted by molar-refractivity contribution is 5.85. The quantitative estimate of drug-likeness (QED) is 0.785. The summed E-state index contributed by atoms with van der Waals surface area (Å²) in [5, 5.41) is 15.7. The van der Waals surface area contributed by atoms with Crippen molar-refractivity contribution in [3.05, 3.63) is 30.3 Å². The van der Waals surface area contributed by atoms with Crippen LogP contribution in [0.4, 0.5) is 0 Å². The van der Waals surface area contributed by atoms with E-state index in [9.17, 15) is 9.59 Å². The molecule has 0 saturated carbocycles. The molecule has 0 aliphatic carbocycles. The summed E-state index contributed by atoms with van der Waals surface area (Å²) < 4.78 is 0. The maximum atomic E-state index is 13.0. The highest BCUT2D eigenvalue weighted by atomic mass is 35.5. The zero-order chi connectivity index (χ0) is 19.5. The molecule has 2 atom stereocenters. The van der Waals surface area contributed by atoms with Crippen molar-refractivity contribution in [3.8, 4) is 11.4 Å². The number of halogens is 1. The molecule has 9 nitrogen and oxygen atoms in total. The molecule has 4 rings (SSSR count). The monoisotopic (exact) mass is 419 g/mol. The van der Waals surface area contributed by atoms with Crippen molar-refractivity contribution >= 4 is 24.2 Å². The van der Waals surface area contributed by atoms with Gasteiger partial charge in [-0.15, -0.1) is 22.6 Å². The number of rotatable bonds is 4. The van der Waals surface area contributed by atoms with Crippen LogP contribution in [0.25, 0.3) is 11.4 Å². The Morgan fingerprint density at radius 1 is 1.24 bits per heavy atom. The molecule has 2 saturated heterocycles. The molecule has 0 bridgehead atoms. The van der Waals surface area contributed by atoms with Crippen molar-refractivity contribution in [1.82, 2.24) is 35.3 Å². The minimum atomic E-state index is -0.539. The average molecular weight is 420 g/mol. The van der Waals surface area contributed by atoms with Crippen LogP contribution in [0, 0.1) is 0 Å². The predicted octanol–water partition coefficient (Wildman–Crippen LogP) is 0.746. The number of carbonyl (C=O) groups excluding carboxylic acids is 2. The minimum absolute atomic E-state index is 0. The molecule has 1 N–H and O–H groups in total. The lowest BCUT2D eigenvalue weighted by Gasteiger charge is -2.41. The van der Waals surface area contributed by atoms with E-state index in [0.29, 0.717) is 32.0 Å². The molecule has 0 radical (unpaired) electrons. The number of hydrogen-bond acceptors (Lipinski definition) is 6. The van der Waals surface area contributed by atoms with Gasteiger partial charge in [-0.05, 0) is 25.0 Å². The molecule has 2 fully saturated rings. The maximum absolute atomic E-state index is 13.0. The molecule has 1 aromatic heterocycles. The molecular formula is C19H26ClN7O2. The Kier molecular flexibility index (Phi) is 6.81. The highest BCUT2D eigenvalue weighted by Gasteiger charge is 2.33. The molecule has 1 aromatic carbocycles. The summed E-state index contributed by atoms with van der Waals surface area (Å²) in [5.74, 6) is 0.580. The second-order valence-corrected chi connectivity index (χ2v) is 7.32. The number of aromatic nitrogens is 4. The smallest absolute Gasteiger partial charge is 0.249 e. The third-order valence-corrected chi connectivity index (χ3v) is 5.44. The SMILES string of the molecule is CC(C(=O)N1CCCC(N2CCNCC2=O)C1)n1nnc(-c2ccccc2)n1.Cl. The van der Waals surface area contributed by atoms with Gasteiger partial charge in [-0.2, -0.15) is 4.80 Å². The van der Waals surface area contributed by atoms with Gasteiger partial charge in [0.1, 0.15) is 6.04 Å². The predicted molar refractivity (Wildman–Crippen MR) is 109 cm³/mol. The van der Waals surface area contributed by atoms with Crippen LogP contribution in [0.2, 0.25) is 0 Å².